The summed E-state index contributed by atoms with van der Waals surface area (Å²) < 4.78 is 6.87. The standard InChI is InChI=1S/C23H22ClN5O3/c1-15-12-20(28-32-15)27-22(30)10-11-29-19-5-3-2-4-18(19)26-21(29)13-23(31)25-14-16-6-8-17(24)9-7-16/h2-9,12H,10-11,13-14H2,1H3,(H,25,31)(H,27,28,30). The van der Waals surface area contributed by atoms with Crippen molar-refractivity contribution in [3.8, 4) is 0 Å². The summed E-state index contributed by atoms with van der Waals surface area (Å²) in [6.07, 6.45) is 0.304. The van der Waals surface area contributed by atoms with E-state index in [-0.39, 0.29) is 24.7 Å². The molecule has 9 heteroatoms. The number of halogens is 1. The highest BCUT2D eigenvalue weighted by atomic mass is 35.5. The number of aromatic nitrogens is 3. The summed E-state index contributed by atoms with van der Waals surface area (Å²) in [4.78, 5) is 29.5. The lowest BCUT2D eigenvalue weighted by Crippen LogP contribution is -2.26. The Bertz CT molecular complexity index is 1250. The summed E-state index contributed by atoms with van der Waals surface area (Å²) in [5.74, 6) is 1.25. The van der Waals surface area contributed by atoms with Gasteiger partial charge in [-0.25, -0.2) is 4.98 Å². The Labute approximate surface area is 189 Å². The van der Waals surface area contributed by atoms with Crippen LogP contribution in [0.2, 0.25) is 5.02 Å². The van der Waals surface area contributed by atoms with E-state index in [2.05, 4.69) is 20.8 Å². The maximum absolute atomic E-state index is 12.6. The van der Waals surface area contributed by atoms with E-state index >= 15 is 0 Å². The first-order valence-electron chi connectivity index (χ1n) is 10.2. The van der Waals surface area contributed by atoms with Gasteiger partial charge < -0.3 is 19.7 Å². The van der Waals surface area contributed by atoms with Gasteiger partial charge in [0.2, 0.25) is 11.8 Å². The molecule has 2 amide bonds. The van der Waals surface area contributed by atoms with Crippen LogP contribution in [0.4, 0.5) is 5.82 Å². The number of fused-ring (bicyclic) bond motifs is 1. The number of amides is 2. The zero-order chi connectivity index (χ0) is 22.5. The molecule has 4 aromatic rings. The van der Waals surface area contributed by atoms with E-state index in [0.717, 1.165) is 16.6 Å². The Hall–Kier alpha value is -3.65. The van der Waals surface area contributed by atoms with Gasteiger partial charge in [-0.1, -0.05) is 41.0 Å². The molecule has 8 nitrogen and oxygen atoms in total. The van der Waals surface area contributed by atoms with E-state index in [1.165, 1.54) is 0 Å². The Balaban J connectivity index is 1.42. The maximum atomic E-state index is 12.6. The van der Waals surface area contributed by atoms with Crippen LogP contribution in [0, 0.1) is 6.92 Å². The van der Waals surface area contributed by atoms with Gasteiger partial charge in [0.1, 0.15) is 11.6 Å². The van der Waals surface area contributed by atoms with Crippen LogP contribution >= 0.6 is 11.6 Å². The van der Waals surface area contributed by atoms with E-state index in [1.54, 1.807) is 25.1 Å². The van der Waals surface area contributed by atoms with Crippen molar-refractivity contribution in [3.05, 3.63) is 76.8 Å². The predicted molar refractivity (Wildman–Crippen MR) is 121 cm³/mol. The predicted octanol–water partition coefficient (Wildman–Crippen LogP) is 3.87. The van der Waals surface area contributed by atoms with Gasteiger partial charge in [0.25, 0.3) is 0 Å². The minimum atomic E-state index is -0.200. The second-order valence-electron chi connectivity index (χ2n) is 7.37. The molecule has 32 heavy (non-hydrogen) atoms. The SMILES string of the molecule is Cc1cc(NC(=O)CCn2c(CC(=O)NCc3ccc(Cl)cc3)nc3ccccc32)no1. The van der Waals surface area contributed by atoms with Gasteiger partial charge in [0, 0.05) is 30.6 Å². The molecule has 0 aliphatic heterocycles. The molecule has 4 rings (SSSR count). The lowest BCUT2D eigenvalue weighted by atomic mass is 10.2. The number of benzene rings is 2. The average Bonchev–Trinajstić information content (AvgIpc) is 3.34. The third-order valence-electron chi connectivity index (χ3n) is 4.91. The van der Waals surface area contributed by atoms with E-state index in [4.69, 9.17) is 16.1 Å². The van der Waals surface area contributed by atoms with Crippen LogP contribution in [-0.4, -0.2) is 26.5 Å². The number of nitrogens with one attached hydrogen (secondary N) is 2. The summed E-state index contributed by atoms with van der Waals surface area (Å²) >= 11 is 5.90. The molecule has 0 spiro atoms. The van der Waals surface area contributed by atoms with Gasteiger partial charge in [-0.05, 0) is 36.8 Å². The molecular weight excluding hydrogens is 430 g/mol. The number of carbonyl (C=O) groups is 2. The fourth-order valence-corrected chi connectivity index (χ4v) is 3.49. The van der Waals surface area contributed by atoms with Gasteiger partial charge in [0.15, 0.2) is 5.82 Å². The van der Waals surface area contributed by atoms with Crippen molar-refractivity contribution in [2.45, 2.75) is 32.9 Å². The number of para-hydroxylation sites is 2. The van der Waals surface area contributed by atoms with Crippen molar-refractivity contribution in [2.24, 2.45) is 0 Å². The van der Waals surface area contributed by atoms with Crippen molar-refractivity contribution in [3.63, 3.8) is 0 Å². The van der Waals surface area contributed by atoms with Crippen LogP contribution in [0.1, 0.15) is 23.6 Å². The molecule has 2 N–H and O–H groups in total. The third kappa shape index (κ3) is 5.33. The first-order valence-corrected chi connectivity index (χ1v) is 10.5. The zero-order valence-electron chi connectivity index (χ0n) is 17.5. The number of rotatable bonds is 8. The summed E-state index contributed by atoms with van der Waals surface area (Å²) in [7, 11) is 0. The van der Waals surface area contributed by atoms with Crippen LogP contribution in [0.3, 0.4) is 0 Å². The normalized spacial score (nSPS) is 10.9. The fourth-order valence-electron chi connectivity index (χ4n) is 3.36. The lowest BCUT2D eigenvalue weighted by molar-refractivity contribution is -0.120. The molecule has 0 bridgehead atoms. The van der Waals surface area contributed by atoms with Gasteiger partial charge >= 0.3 is 0 Å². The number of aryl methyl sites for hydroxylation is 2. The molecule has 2 aromatic carbocycles. The van der Waals surface area contributed by atoms with Crippen LogP contribution in [0.5, 0.6) is 0 Å². The van der Waals surface area contributed by atoms with Crippen LogP contribution in [-0.2, 0) is 29.1 Å². The molecule has 0 saturated carbocycles. The van der Waals surface area contributed by atoms with Gasteiger partial charge in [-0.15, -0.1) is 0 Å². The van der Waals surface area contributed by atoms with Crippen molar-refractivity contribution in [2.75, 3.05) is 5.32 Å². The monoisotopic (exact) mass is 451 g/mol. The zero-order valence-corrected chi connectivity index (χ0v) is 18.2. The topological polar surface area (TPSA) is 102 Å². The number of nitrogens with zero attached hydrogens (tertiary/aromatic N) is 3. The number of hydrogen-bond acceptors (Lipinski definition) is 5. The molecule has 2 heterocycles. The van der Waals surface area contributed by atoms with E-state index in [9.17, 15) is 9.59 Å². The second-order valence-corrected chi connectivity index (χ2v) is 7.81. The van der Waals surface area contributed by atoms with Gasteiger partial charge in [-0.3, -0.25) is 9.59 Å². The molecule has 164 valence electrons. The number of imidazole rings is 1. The molecule has 0 radical (unpaired) electrons. The van der Waals surface area contributed by atoms with Gasteiger partial charge in [-0.2, -0.15) is 0 Å². The molecule has 0 aliphatic carbocycles. The Morgan fingerprint density at radius 1 is 1.09 bits per heavy atom. The lowest BCUT2D eigenvalue weighted by Gasteiger charge is -2.10. The highest BCUT2D eigenvalue weighted by molar-refractivity contribution is 6.30. The Kier molecular flexibility index (Phi) is 6.51. The van der Waals surface area contributed by atoms with Crippen molar-refractivity contribution in [1.82, 2.24) is 20.0 Å². The highest BCUT2D eigenvalue weighted by Crippen LogP contribution is 2.18. The highest BCUT2D eigenvalue weighted by Gasteiger charge is 2.15. The van der Waals surface area contributed by atoms with Crippen LogP contribution in [0.15, 0.2) is 59.1 Å². The van der Waals surface area contributed by atoms with Gasteiger partial charge in [0.05, 0.1) is 17.5 Å². The Morgan fingerprint density at radius 2 is 1.88 bits per heavy atom. The smallest absolute Gasteiger partial charge is 0.227 e. The molecule has 0 atom stereocenters. The first-order chi connectivity index (χ1) is 15.5. The fraction of sp³-hybridized carbons (Fsp3) is 0.217. The Morgan fingerprint density at radius 3 is 2.62 bits per heavy atom. The molecule has 0 fully saturated rings. The molecule has 2 aromatic heterocycles. The largest absolute Gasteiger partial charge is 0.360 e. The van der Waals surface area contributed by atoms with Crippen LogP contribution in [0.25, 0.3) is 11.0 Å². The quantitative estimate of drug-likeness (QED) is 0.423. The minimum Gasteiger partial charge on any atom is -0.360 e. The van der Waals surface area contributed by atoms with Crippen molar-refractivity contribution < 1.29 is 14.1 Å². The summed E-state index contributed by atoms with van der Waals surface area (Å²) in [6, 6.07) is 16.6. The van der Waals surface area contributed by atoms with E-state index in [1.807, 2.05) is 41.0 Å². The minimum absolute atomic E-state index is 0.104. The molecule has 0 unspecified atom stereocenters. The first kappa shape index (κ1) is 21.6. The average molecular weight is 452 g/mol. The summed E-state index contributed by atoms with van der Waals surface area (Å²) in [5.41, 5.74) is 2.61. The molecule has 0 aliphatic rings. The second kappa shape index (κ2) is 9.65. The molecular formula is C23H22ClN5O3. The number of anilines is 1. The number of hydrogen-bond donors (Lipinski definition) is 2. The molecule has 0 saturated heterocycles. The van der Waals surface area contributed by atoms with Crippen molar-refractivity contribution >= 4 is 40.3 Å². The number of carbonyl (C=O) groups excluding carboxylic acids is 2. The third-order valence-corrected chi connectivity index (χ3v) is 5.17. The van der Waals surface area contributed by atoms with E-state index in [0.29, 0.717) is 35.5 Å². The van der Waals surface area contributed by atoms with Crippen molar-refractivity contribution in [1.29, 1.82) is 0 Å². The maximum Gasteiger partial charge on any atom is 0.227 e. The van der Waals surface area contributed by atoms with Crippen LogP contribution < -0.4 is 10.6 Å². The van der Waals surface area contributed by atoms with E-state index < -0.39 is 0 Å². The summed E-state index contributed by atoms with van der Waals surface area (Å²) in [6.45, 7) is 2.53. The summed E-state index contributed by atoms with van der Waals surface area (Å²) in [5, 5.41) is 10.0.